The predicted octanol–water partition coefficient (Wildman–Crippen LogP) is 2.73. The topological polar surface area (TPSA) is 37.4 Å². The summed E-state index contributed by atoms with van der Waals surface area (Å²) in [5.41, 5.74) is 0.968. The van der Waals surface area contributed by atoms with Gasteiger partial charge in [-0.05, 0) is 23.6 Å². The van der Waals surface area contributed by atoms with Gasteiger partial charge in [-0.1, -0.05) is 35.0 Å². The van der Waals surface area contributed by atoms with Crippen molar-refractivity contribution in [2.24, 2.45) is 5.92 Å². The molecule has 4 heteroatoms. The van der Waals surface area contributed by atoms with E-state index in [0.717, 1.165) is 10.0 Å². The Morgan fingerprint density at radius 2 is 1.94 bits per heavy atom. The number of carbonyl (C=O) groups is 2. The number of likely N-dealkylation sites (tertiary alicyclic amines) is 1. The van der Waals surface area contributed by atoms with Crippen LogP contribution in [-0.2, 0) is 16.1 Å². The van der Waals surface area contributed by atoms with Crippen molar-refractivity contribution in [3.05, 3.63) is 34.3 Å². The molecule has 2 rings (SSSR count). The molecule has 1 aromatic carbocycles. The fourth-order valence-corrected chi connectivity index (χ4v) is 2.47. The maximum Gasteiger partial charge on any atom is 0.229 e. The summed E-state index contributed by atoms with van der Waals surface area (Å²) < 4.78 is 0.959. The summed E-state index contributed by atoms with van der Waals surface area (Å²) in [4.78, 5) is 25.0. The quantitative estimate of drug-likeness (QED) is 0.787. The minimum atomic E-state index is -0.0614. The third-order valence-electron chi connectivity index (χ3n) is 2.88. The van der Waals surface area contributed by atoms with E-state index >= 15 is 0 Å². The Labute approximate surface area is 109 Å². The van der Waals surface area contributed by atoms with E-state index in [1.54, 1.807) is 0 Å². The minimum Gasteiger partial charge on any atom is -0.278 e. The van der Waals surface area contributed by atoms with Gasteiger partial charge in [-0.3, -0.25) is 14.5 Å². The van der Waals surface area contributed by atoms with E-state index < -0.39 is 0 Å². The van der Waals surface area contributed by atoms with Crippen molar-refractivity contribution in [3.8, 4) is 0 Å². The van der Waals surface area contributed by atoms with Gasteiger partial charge in [0, 0.05) is 17.3 Å². The fourth-order valence-electron chi connectivity index (χ4n) is 2.02. The number of hydrogen-bond acceptors (Lipinski definition) is 2. The molecule has 1 aromatic rings. The van der Waals surface area contributed by atoms with Gasteiger partial charge in [0.25, 0.3) is 0 Å². The van der Waals surface area contributed by atoms with Crippen LogP contribution in [0, 0.1) is 5.92 Å². The number of imide groups is 1. The third kappa shape index (κ3) is 2.94. The SMILES string of the molecule is CC1CC(=O)N(Cc2cccc(Br)c2)C(=O)C1. The van der Waals surface area contributed by atoms with Crippen LogP contribution in [0.3, 0.4) is 0 Å². The Kier molecular flexibility index (Phi) is 3.62. The number of rotatable bonds is 2. The second-order valence-corrected chi connectivity index (χ2v) is 5.43. The summed E-state index contributed by atoms with van der Waals surface area (Å²) in [6.07, 6.45) is 0.944. The molecule has 90 valence electrons. The number of piperidine rings is 1. The normalized spacial score (nSPS) is 17.6. The number of hydrogen-bond donors (Lipinski definition) is 0. The molecule has 0 spiro atoms. The van der Waals surface area contributed by atoms with Crippen LogP contribution in [0.4, 0.5) is 0 Å². The average molecular weight is 296 g/mol. The first-order chi connectivity index (χ1) is 8.06. The monoisotopic (exact) mass is 295 g/mol. The highest BCUT2D eigenvalue weighted by Gasteiger charge is 2.29. The Morgan fingerprint density at radius 1 is 1.29 bits per heavy atom. The van der Waals surface area contributed by atoms with Crippen LogP contribution in [0.25, 0.3) is 0 Å². The van der Waals surface area contributed by atoms with Gasteiger partial charge in [0.15, 0.2) is 0 Å². The maximum atomic E-state index is 11.8. The highest BCUT2D eigenvalue weighted by atomic mass is 79.9. The Bertz CT molecular complexity index is 440. The van der Waals surface area contributed by atoms with Crippen molar-refractivity contribution in [2.45, 2.75) is 26.3 Å². The van der Waals surface area contributed by atoms with Crippen LogP contribution in [0.2, 0.25) is 0 Å². The highest BCUT2D eigenvalue weighted by Crippen LogP contribution is 2.21. The number of nitrogens with zero attached hydrogens (tertiary/aromatic N) is 1. The first-order valence-corrected chi connectivity index (χ1v) is 6.43. The molecule has 1 heterocycles. The van der Waals surface area contributed by atoms with Crippen molar-refractivity contribution >= 4 is 27.7 Å². The van der Waals surface area contributed by atoms with Crippen LogP contribution >= 0.6 is 15.9 Å². The number of amides is 2. The molecule has 17 heavy (non-hydrogen) atoms. The third-order valence-corrected chi connectivity index (χ3v) is 3.37. The lowest BCUT2D eigenvalue weighted by atomic mass is 9.97. The lowest BCUT2D eigenvalue weighted by Gasteiger charge is -2.28. The molecule has 1 saturated heterocycles. The van der Waals surface area contributed by atoms with Gasteiger partial charge < -0.3 is 0 Å². The van der Waals surface area contributed by atoms with Gasteiger partial charge >= 0.3 is 0 Å². The Morgan fingerprint density at radius 3 is 2.53 bits per heavy atom. The van der Waals surface area contributed by atoms with E-state index in [4.69, 9.17) is 0 Å². The Balaban J connectivity index is 2.13. The summed E-state index contributed by atoms with van der Waals surface area (Å²) in [7, 11) is 0. The van der Waals surface area contributed by atoms with Gasteiger partial charge in [0.05, 0.1) is 6.54 Å². The largest absolute Gasteiger partial charge is 0.278 e. The van der Waals surface area contributed by atoms with Crippen molar-refractivity contribution in [2.75, 3.05) is 0 Å². The molecular weight excluding hydrogens is 282 g/mol. The average Bonchev–Trinajstić information content (AvgIpc) is 2.23. The van der Waals surface area contributed by atoms with Crippen molar-refractivity contribution in [1.82, 2.24) is 4.90 Å². The number of halogens is 1. The molecule has 1 aliphatic rings. The Hall–Kier alpha value is -1.16. The van der Waals surface area contributed by atoms with Gasteiger partial charge in [-0.15, -0.1) is 0 Å². The summed E-state index contributed by atoms with van der Waals surface area (Å²) in [5.74, 6) is 0.0520. The molecule has 3 nitrogen and oxygen atoms in total. The molecule has 0 bridgehead atoms. The van der Waals surface area contributed by atoms with E-state index in [-0.39, 0.29) is 17.7 Å². The lowest BCUT2D eigenvalue weighted by Crippen LogP contribution is -2.42. The van der Waals surface area contributed by atoms with Crippen molar-refractivity contribution in [3.63, 3.8) is 0 Å². The second kappa shape index (κ2) is 5.00. The van der Waals surface area contributed by atoms with Gasteiger partial charge in [-0.25, -0.2) is 0 Å². The summed E-state index contributed by atoms with van der Waals surface area (Å²) in [6.45, 7) is 2.32. The molecular formula is C13H14BrNO2. The summed E-state index contributed by atoms with van der Waals surface area (Å²) >= 11 is 3.38. The van der Waals surface area contributed by atoms with Crippen LogP contribution in [0.15, 0.2) is 28.7 Å². The molecule has 0 atom stereocenters. The fraction of sp³-hybridized carbons (Fsp3) is 0.385. The zero-order chi connectivity index (χ0) is 12.4. The highest BCUT2D eigenvalue weighted by molar-refractivity contribution is 9.10. The number of benzene rings is 1. The number of carbonyl (C=O) groups excluding carboxylic acids is 2. The van der Waals surface area contributed by atoms with Gasteiger partial charge in [0.1, 0.15) is 0 Å². The van der Waals surface area contributed by atoms with E-state index in [9.17, 15) is 9.59 Å². The summed E-state index contributed by atoms with van der Waals surface area (Å²) in [6, 6.07) is 7.67. The second-order valence-electron chi connectivity index (χ2n) is 4.52. The molecule has 2 amide bonds. The van der Waals surface area contributed by atoms with E-state index in [2.05, 4.69) is 15.9 Å². The first-order valence-electron chi connectivity index (χ1n) is 5.64. The van der Waals surface area contributed by atoms with E-state index in [1.165, 1.54) is 4.90 Å². The van der Waals surface area contributed by atoms with Gasteiger partial charge in [0.2, 0.25) is 11.8 Å². The molecule has 0 N–H and O–H groups in total. The zero-order valence-corrected chi connectivity index (χ0v) is 11.2. The van der Waals surface area contributed by atoms with Gasteiger partial charge in [-0.2, -0.15) is 0 Å². The van der Waals surface area contributed by atoms with Crippen LogP contribution in [0.5, 0.6) is 0 Å². The molecule has 0 unspecified atom stereocenters. The maximum absolute atomic E-state index is 11.8. The smallest absolute Gasteiger partial charge is 0.229 e. The summed E-state index contributed by atoms with van der Waals surface area (Å²) in [5, 5.41) is 0. The molecule has 0 saturated carbocycles. The lowest BCUT2D eigenvalue weighted by molar-refractivity contribution is -0.150. The zero-order valence-electron chi connectivity index (χ0n) is 9.65. The van der Waals surface area contributed by atoms with Crippen LogP contribution in [0.1, 0.15) is 25.3 Å². The van der Waals surface area contributed by atoms with Crippen molar-refractivity contribution < 1.29 is 9.59 Å². The van der Waals surface area contributed by atoms with Crippen LogP contribution < -0.4 is 0 Å². The molecule has 1 fully saturated rings. The van der Waals surface area contributed by atoms with E-state index in [1.807, 2.05) is 31.2 Å². The molecule has 0 aromatic heterocycles. The molecule has 0 radical (unpaired) electrons. The van der Waals surface area contributed by atoms with E-state index in [0.29, 0.717) is 19.4 Å². The predicted molar refractivity (Wildman–Crippen MR) is 68.1 cm³/mol. The van der Waals surface area contributed by atoms with Crippen LogP contribution in [-0.4, -0.2) is 16.7 Å². The minimum absolute atomic E-state index is 0.0614. The first kappa shape index (κ1) is 12.3. The van der Waals surface area contributed by atoms with Crippen molar-refractivity contribution in [1.29, 1.82) is 0 Å². The molecule has 1 aliphatic heterocycles. The standard InChI is InChI=1S/C13H14BrNO2/c1-9-5-12(16)15(13(17)6-9)8-10-3-2-4-11(14)7-10/h2-4,7,9H,5-6,8H2,1H3. The molecule has 0 aliphatic carbocycles.